The second-order valence-electron chi connectivity index (χ2n) is 5.36. The van der Waals surface area contributed by atoms with E-state index in [0.29, 0.717) is 13.0 Å². The average molecular weight is 266 g/mol. The fourth-order valence-electron chi connectivity index (χ4n) is 2.00. The first-order valence-electron chi connectivity index (χ1n) is 6.90. The highest BCUT2D eigenvalue weighted by molar-refractivity contribution is 5.18. The molecule has 108 valence electrons. The molecule has 2 unspecified atom stereocenters. The molecule has 0 saturated heterocycles. The number of methoxy groups -OCH3 is 1. The van der Waals surface area contributed by atoms with Gasteiger partial charge in [-0.25, -0.2) is 0 Å². The summed E-state index contributed by atoms with van der Waals surface area (Å²) in [4.78, 5) is 0. The summed E-state index contributed by atoms with van der Waals surface area (Å²) in [6.45, 7) is 6.59. The van der Waals surface area contributed by atoms with Crippen LogP contribution < -0.4 is 0 Å². The maximum absolute atomic E-state index is 10.4. The van der Waals surface area contributed by atoms with Gasteiger partial charge < -0.3 is 14.6 Å². The van der Waals surface area contributed by atoms with Gasteiger partial charge in [0.2, 0.25) is 0 Å². The number of aliphatic hydroxyl groups is 1. The van der Waals surface area contributed by atoms with Crippen molar-refractivity contribution in [2.45, 2.75) is 51.4 Å². The van der Waals surface area contributed by atoms with E-state index in [9.17, 15) is 5.11 Å². The fraction of sp³-hybridized carbons (Fsp3) is 0.625. The van der Waals surface area contributed by atoms with Crippen LogP contribution in [0.1, 0.15) is 45.3 Å². The van der Waals surface area contributed by atoms with Crippen LogP contribution in [0.25, 0.3) is 0 Å². The molecule has 0 fully saturated rings. The third-order valence-corrected chi connectivity index (χ3v) is 3.42. The van der Waals surface area contributed by atoms with Crippen LogP contribution in [0.2, 0.25) is 0 Å². The summed E-state index contributed by atoms with van der Waals surface area (Å²) in [6, 6.07) is 9.88. The Labute approximate surface area is 116 Å². The predicted molar refractivity (Wildman–Crippen MR) is 77.1 cm³/mol. The van der Waals surface area contributed by atoms with Crippen molar-refractivity contribution in [1.29, 1.82) is 0 Å². The zero-order chi connectivity index (χ0) is 14.3. The van der Waals surface area contributed by atoms with Gasteiger partial charge in [-0.1, -0.05) is 30.3 Å². The Morgan fingerprint density at radius 2 is 1.84 bits per heavy atom. The van der Waals surface area contributed by atoms with Gasteiger partial charge >= 0.3 is 0 Å². The molecule has 0 bridgehead atoms. The molecule has 1 N–H and O–H groups in total. The summed E-state index contributed by atoms with van der Waals surface area (Å²) in [6.07, 6.45) is 0.664. The molecule has 0 aliphatic rings. The van der Waals surface area contributed by atoms with Crippen molar-refractivity contribution < 1.29 is 14.6 Å². The molecule has 1 aromatic rings. The second-order valence-corrected chi connectivity index (χ2v) is 5.36. The molecule has 0 amide bonds. The van der Waals surface area contributed by atoms with E-state index in [1.54, 1.807) is 7.11 Å². The smallest absolute Gasteiger partial charge is 0.108 e. The van der Waals surface area contributed by atoms with Gasteiger partial charge in [0.15, 0.2) is 0 Å². The molecule has 3 nitrogen and oxygen atoms in total. The Bertz CT molecular complexity index is 348. The molecule has 19 heavy (non-hydrogen) atoms. The van der Waals surface area contributed by atoms with Crippen LogP contribution in [0.15, 0.2) is 30.3 Å². The molecule has 3 heteroatoms. The van der Waals surface area contributed by atoms with Crippen molar-refractivity contribution in [3.63, 3.8) is 0 Å². The van der Waals surface area contributed by atoms with Gasteiger partial charge in [0.05, 0.1) is 11.7 Å². The van der Waals surface area contributed by atoms with E-state index in [1.807, 2.05) is 51.1 Å². The maximum atomic E-state index is 10.4. The fourth-order valence-corrected chi connectivity index (χ4v) is 2.00. The molecule has 0 saturated carbocycles. The molecule has 0 aliphatic heterocycles. The van der Waals surface area contributed by atoms with Gasteiger partial charge in [-0.15, -0.1) is 0 Å². The standard InChI is InChI=1S/C16H26O3/c1-5-19-15(13-9-7-6-8-10-13)14(17)11-12-16(2,3)18-4/h6-10,14-15,17H,5,11-12H2,1-4H3. The van der Waals surface area contributed by atoms with Gasteiger partial charge in [-0.3, -0.25) is 0 Å². The van der Waals surface area contributed by atoms with Crippen LogP contribution in [0, 0.1) is 0 Å². The van der Waals surface area contributed by atoms with Gasteiger partial charge in [-0.2, -0.15) is 0 Å². The zero-order valence-corrected chi connectivity index (χ0v) is 12.4. The molecular weight excluding hydrogens is 240 g/mol. The molecule has 1 aromatic carbocycles. The van der Waals surface area contributed by atoms with Crippen LogP contribution >= 0.6 is 0 Å². The molecule has 0 aliphatic carbocycles. The Balaban J connectivity index is 2.66. The minimum atomic E-state index is -0.517. The van der Waals surface area contributed by atoms with Crippen molar-refractivity contribution in [1.82, 2.24) is 0 Å². The topological polar surface area (TPSA) is 38.7 Å². The summed E-state index contributed by atoms with van der Waals surface area (Å²) in [5.41, 5.74) is 0.807. The maximum Gasteiger partial charge on any atom is 0.108 e. The summed E-state index contributed by atoms with van der Waals surface area (Å²) >= 11 is 0. The summed E-state index contributed by atoms with van der Waals surface area (Å²) in [5, 5.41) is 10.4. The number of rotatable bonds is 8. The molecule has 1 rings (SSSR count). The minimum Gasteiger partial charge on any atom is -0.390 e. The first-order chi connectivity index (χ1) is 9.00. The Morgan fingerprint density at radius 3 is 2.37 bits per heavy atom. The van der Waals surface area contributed by atoms with Crippen LogP contribution in [-0.2, 0) is 9.47 Å². The zero-order valence-electron chi connectivity index (χ0n) is 12.4. The van der Waals surface area contributed by atoms with Gasteiger partial charge in [0.25, 0.3) is 0 Å². The lowest BCUT2D eigenvalue weighted by Crippen LogP contribution is -2.28. The van der Waals surface area contributed by atoms with E-state index in [2.05, 4.69) is 0 Å². The lowest BCUT2D eigenvalue weighted by atomic mass is 9.95. The molecule has 0 heterocycles. The van der Waals surface area contributed by atoms with Gasteiger partial charge in [0, 0.05) is 13.7 Å². The Kier molecular flexibility index (Phi) is 6.49. The quantitative estimate of drug-likeness (QED) is 0.784. The number of hydrogen-bond donors (Lipinski definition) is 1. The van der Waals surface area contributed by atoms with Gasteiger partial charge in [0.1, 0.15) is 6.10 Å². The van der Waals surface area contributed by atoms with Crippen LogP contribution in [0.3, 0.4) is 0 Å². The highest BCUT2D eigenvalue weighted by Gasteiger charge is 2.25. The highest BCUT2D eigenvalue weighted by Crippen LogP contribution is 2.26. The van der Waals surface area contributed by atoms with Crippen LogP contribution in [0.4, 0.5) is 0 Å². The molecule has 0 aromatic heterocycles. The van der Waals surface area contributed by atoms with Crippen LogP contribution in [0.5, 0.6) is 0 Å². The largest absolute Gasteiger partial charge is 0.390 e. The first kappa shape index (κ1) is 16.2. The lowest BCUT2D eigenvalue weighted by molar-refractivity contribution is -0.0537. The Hall–Kier alpha value is -0.900. The first-order valence-corrected chi connectivity index (χ1v) is 6.90. The van der Waals surface area contributed by atoms with E-state index in [0.717, 1.165) is 12.0 Å². The lowest BCUT2D eigenvalue weighted by Gasteiger charge is -2.28. The summed E-state index contributed by atoms with van der Waals surface area (Å²) in [7, 11) is 1.70. The summed E-state index contributed by atoms with van der Waals surface area (Å²) < 4.78 is 11.1. The number of benzene rings is 1. The highest BCUT2D eigenvalue weighted by atomic mass is 16.5. The SMILES string of the molecule is CCOC(c1ccccc1)C(O)CCC(C)(C)OC. The summed E-state index contributed by atoms with van der Waals surface area (Å²) in [5.74, 6) is 0. The molecule has 0 spiro atoms. The predicted octanol–water partition coefficient (Wildman–Crippen LogP) is 3.33. The third kappa shape index (κ3) is 5.31. The number of aliphatic hydroxyl groups excluding tert-OH is 1. The van der Waals surface area contributed by atoms with E-state index < -0.39 is 6.10 Å². The third-order valence-electron chi connectivity index (χ3n) is 3.42. The molecule has 2 atom stereocenters. The average Bonchev–Trinajstić information content (AvgIpc) is 2.43. The van der Waals surface area contributed by atoms with E-state index in [4.69, 9.17) is 9.47 Å². The number of ether oxygens (including phenoxy) is 2. The van der Waals surface area contributed by atoms with Crippen molar-refractivity contribution in [3.05, 3.63) is 35.9 Å². The minimum absolute atomic E-state index is 0.214. The van der Waals surface area contributed by atoms with Crippen molar-refractivity contribution in [3.8, 4) is 0 Å². The van der Waals surface area contributed by atoms with Crippen molar-refractivity contribution >= 4 is 0 Å². The molecular formula is C16H26O3. The second kappa shape index (κ2) is 7.63. The van der Waals surface area contributed by atoms with E-state index >= 15 is 0 Å². The van der Waals surface area contributed by atoms with Crippen LogP contribution in [-0.4, -0.2) is 30.5 Å². The van der Waals surface area contributed by atoms with Crippen molar-refractivity contribution in [2.24, 2.45) is 0 Å². The van der Waals surface area contributed by atoms with E-state index in [-0.39, 0.29) is 11.7 Å². The Morgan fingerprint density at radius 1 is 1.21 bits per heavy atom. The van der Waals surface area contributed by atoms with E-state index in [1.165, 1.54) is 0 Å². The molecule has 0 radical (unpaired) electrons. The van der Waals surface area contributed by atoms with Crippen molar-refractivity contribution in [2.75, 3.05) is 13.7 Å². The number of hydrogen-bond acceptors (Lipinski definition) is 3. The monoisotopic (exact) mass is 266 g/mol. The van der Waals surface area contributed by atoms with Gasteiger partial charge in [-0.05, 0) is 39.2 Å². The normalized spacial score (nSPS) is 15.2.